The molecule has 0 atom stereocenters. The summed E-state index contributed by atoms with van der Waals surface area (Å²) < 4.78 is 13.1. The molecule has 0 bridgehead atoms. The summed E-state index contributed by atoms with van der Waals surface area (Å²) in [4.78, 5) is 0. The second kappa shape index (κ2) is 5.00. The average Bonchev–Trinajstić information content (AvgIpc) is 2.11. The van der Waals surface area contributed by atoms with E-state index in [1.165, 1.54) is 12.1 Å². The Morgan fingerprint density at radius 1 is 1.54 bits per heavy atom. The Hall–Kier alpha value is -0.860. The van der Waals surface area contributed by atoms with Gasteiger partial charge in [-0.25, -0.2) is 4.39 Å². The molecule has 0 aliphatic rings. The van der Waals surface area contributed by atoms with E-state index in [-0.39, 0.29) is 5.82 Å². The Bertz CT molecular complexity index is 310. The Labute approximate surface area is 82.2 Å². The lowest BCUT2D eigenvalue weighted by atomic mass is 10.2. The third kappa shape index (κ3) is 3.17. The van der Waals surface area contributed by atoms with E-state index in [4.69, 9.17) is 11.6 Å². The van der Waals surface area contributed by atoms with Crippen molar-refractivity contribution in [1.29, 1.82) is 0 Å². The van der Waals surface area contributed by atoms with E-state index in [9.17, 15) is 4.39 Å². The maximum absolute atomic E-state index is 13.1. The number of likely N-dealkylation sites (N-methyl/N-ethyl adjacent to an activating group) is 1. The van der Waals surface area contributed by atoms with Crippen molar-refractivity contribution >= 4 is 17.7 Å². The van der Waals surface area contributed by atoms with E-state index in [0.717, 1.165) is 0 Å². The molecule has 0 aromatic heterocycles. The maximum Gasteiger partial charge on any atom is 0.130 e. The molecule has 3 heteroatoms. The molecule has 0 aliphatic carbocycles. The molecular weight excluding hydrogens is 189 g/mol. The first-order chi connectivity index (χ1) is 6.24. The molecule has 1 rings (SSSR count). The molecule has 0 amide bonds. The van der Waals surface area contributed by atoms with E-state index in [0.29, 0.717) is 17.1 Å². The molecule has 1 nitrogen and oxygen atoms in total. The Balaban J connectivity index is 2.81. The van der Waals surface area contributed by atoms with Crippen molar-refractivity contribution in [3.8, 4) is 0 Å². The standard InChI is InChI=1S/C10H11ClFN/c1-13-6-2-3-8-7-9(11)4-5-10(8)12/h2-5,7,13H,6H2,1H3/b3-2+. The predicted molar refractivity (Wildman–Crippen MR) is 54.4 cm³/mol. The highest BCUT2D eigenvalue weighted by molar-refractivity contribution is 6.30. The minimum Gasteiger partial charge on any atom is -0.316 e. The van der Waals surface area contributed by atoms with Crippen LogP contribution in [-0.4, -0.2) is 13.6 Å². The zero-order chi connectivity index (χ0) is 9.68. The number of hydrogen-bond acceptors (Lipinski definition) is 1. The molecule has 0 saturated carbocycles. The number of rotatable bonds is 3. The molecular formula is C10H11ClFN. The van der Waals surface area contributed by atoms with Crippen LogP contribution in [-0.2, 0) is 0 Å². The molecule has 70 valence electrons. The van der Waals surface area contributed by atoms with Gasteiger partial charge in [0.05, 0.1) is 0 Å². The van der Waals surface area contributed by atoms with Crippen molar-refractivity contribution in [2.75, 3.05) is 13.6 Å². The van der Waals surface area contributed by atoms with Crippen LogP contribution in [0.25, 0.3) is 6.08 Å². The van der Waals surface area contributed by atoms with Crippen LogP contribution in [0, 0.1) is 5.82 Å². The molecule has 0 aliphatic heterocycles. The van der Waals surface area contributed by atoms with Gasteiger partial charge in [0.15, 0.2) is 0 Å². The monoisotopic (exact) mass is 199 g/mol. The van der Waals surface area contributed by atoms with Gasteiger partial charge in [0.1, 0.15) is 5.82 Å². The molecule has 13 heavy (non-hydrogen) atoms. The number of hydrogen-bond donors (Lipinski definition) is 1. The van der Waals surface area contributed by atoms with Crippen LogP contribution >= 0.6 is 11.6 Å². The Morgan fingerprint density at radius 2 is 2.31 bits per heavy atom. The van der Waals surface area contributed by atoms with Crippen LogP contribution in [0.5, 0.6) is 0 Å². The van der Waals surface area contributed by atoms with E-state index in [1.807, 2.05) is 13.1 Å². The van der Waals surface area contributed by atoms with E-state index >= 15 is 0 Å². The highest BCUT2D eigenvalue weighted by Gasteiger charge is 1.97. The molecule has 0 unspecified atom stereocenters. The highest BCUT2D eigenvalue weighted by Crippen LogP contribution is 2.15. The Morgan fingerprint density at radius 3 is 3.00 bits per heavy atom. The molecule has 0 fully saturated rings. The van der Waals surface area contributed by atoms with Gasteiger partial charge in [-0.2, -0.15) is 0 Å². The number of halogens is 2. The second-order valence-corrected chi connectivity index (χ2v) is 3.06. The molecule has 0 spiro atoms. The van der Waals surface area contributed by atoms with Crippen LogP contribution < -0.4 is 5.32 Å². The fourth-order valence-corrected chi connectivity index (χ4v) is 1.13. The van der Waals surface area contributed by atoms with Crippen molar-refractivity contribution in [1.82, 2.24) is 5.32 Å². The summed E-state index contributed by atoms with van der Waals surface area (Å²) in [6, 6.07) is 4.50. The average molecular weight is 200 g/mol. The van der Waals surface area contributed by atoms with Gasteiger partial charge < -0.3 is 5.32 Å². The minimum atomic E-state index is -0.253. The van der Waals surface area contributed by atoms with Crippen LogP contribution in [0.2, 0.25) is 5.02 Å². The molecule has 0 heterocycles. The minimum absolute atomic E-state index is 0.253. The fourth-order valence-electron chi connectivity index (χ4n) is 0.946. The predicted octanol–water partition coefficient (Wildman–Crippen LogP) is 2.71. The van der Waals surface area contributed by atoms with Crippen LogP contribution in [0.1, 0.15) is 5.56 Å². The maximum atomic E-state index is 13.1. The van der Waals surface area contributed by atoms with E-state index < -0.39 is 0 Å². The van der Waals surface area contributed by atoms with Crippen LogP contribution in [0.3, 0.4) is 0 Å². The quantitative estimate of drug-likeness (QED) is 0.790. The third-order valence-electron chi connectivity index (χ3n) is 1.58. The topological polar surface area (TPSA) is 12.0 Å². The van der Waals surface area contributed by atoms with E-state index in [1.54, 1.807) is 12.1 Å². The van der Waals surface area contributed by atoms with Gasteiger partial charge in [-0.15, -0.1) is 0 Å². The zero-order valence-corrected chi connectivity index (χ0v) is 8.11. The van der Waals surface area contributed by atoms with Gasteiger partial charge in [-0.05, 0) is 25.2 Å². The van der Waals surface area contributed by atoms with Gasteiger partial charge >= 0.3 is 0 Å². The summed E-state index contributed by atoms with van der Waals surface area (Å²) >= 11 is 5.71. The molecule has 1 N–H and O–H groups in total. The zero-order valence-electron chi connectivity index (χ0n) is 7.35. The highest BCUT2D eigenvalue weighted by atomic mass is 35.5. The first-order valence-electron chi connectivity index (χ1n) is 4.00. The van der Waals surface area contributed by atoms with Gasteiger partial charge in [0, 0.05) is 17.1 Å². The van der Waals surface area contributed by atoms with Gasteiger partial charge in [0.25, 0.3) is 0 Å². The van der Waals surface area contributed by atoms with Crippen molar-refractivity contribution in [3.63, 3.8) is 0 Å². The lowest BCUT2D eigenvalue weighted by Crippen LogP contribution is -2.03. The summed E-state index contributed by atoms with van der Waals surface area (Å²) in [7, 11) is 1.83. The summed E-state index contributed by atoms with van der Waals surface area (Å²) in [5, 5.41) is 3.48. The van der Waals surface area contributed by atoms with Gasteiger partial charge in [-0.3, -0.25) is 0 Å². The summed E-state index contributed by atoms with van der Waals surface area (Å²) in [6.45, 7) is 0.714. The van der Waals surface area contributed by atoms with Gasteiger partial charge in [0.2, 0.25) is 0 Å². The summed E-state index contributed by atoms with van der Waals surface area (Å²) in [5.41, 5.74) is 0.516. The lowest BCUT2D eigenvalue weighted by molar-refractivity contribution is 0.625. The lowest BCUT2D eigenvalue weighted by Gasteiger charge is -1.97. The summed E-state index contributed by atoms with van der Waals surface area (Å²) in [6.07, 6.45) is 3.55. The molecule has 0 saturated heterocycles. The van der Waals surface area contributed by atoms with Crippen molar-refractivity contribution in [2.24, 2.45) is 0 Å². The summed E-state index contributed by atoms with van der Waals surface area (Å²) in [5.74, 6) is -0.253. The van der Waals surface area contributed by atoms with Crippen LogP contribution in [0.4, 0.5) is 4.39 Å². The molecule has 0 radical (unpaired) electrons. The third-order valence-corrected chi connectivity index (χ3v) is 1.81. The van der Waals surface area contributed by atoms with Crippen molar-refractivity contribution in [3.05, 3.63) is 40.7 Å². The van der Waals surface area contributed by atoms with Gasteiger partial charge in [-0.1, -0.05) is 23.8 Å². The largest absolute Gasteiger partial charge is 0.316 e. The molecule has 1 aromatic rings. The first-order valence-corrected chi connectivity index (χ1v) is 4.38. The fraction of sp³-hybridized carbons (Fsp3) is 0.200. The first kappa shape index (κ1) is 10.2. The second-order valence-electron chi connectivity index (χ2n) is 2.63. The van der Waals surface area contributed by atoms with Crippen LogP contribution in [0.15, 0.2) is 24.3 Å². The van der Waals surface area contributed by atoms with E-state index in [2.05, 4.69) is 5.32 Å². The Kier molecular flexibility index (Phi) is 3.93. The molecule has 1 aromatic carbocycles. The van der Waals surface area contributed by atoms with Crippen molar-refractivity contribution < 1.29 is 4.39 Å². The number of benzene rings is 1. The number of nitrogens with one attached hydrogen (secondary N) is 1. The van der Waals surface area contributed by atoms with Crippen molar-refractivity contribution in [2.45, 2.75) is 0 Å². The SMILES string of the molecule is CNC/C=C/c1cc(Cl)ccc1F. The smallest absolute Gasteiger partial charge is 0.130 e. The normalized spacial score (nSPS) is 11.0.